The number of H-pyrrole nitrogens is 1. The highest BCUT2D eigenvalue weighted by Crippen LogP contribution is 2.38. The average molecular weight is 636 g/mol. The van der Waals surface area contributed by atoms with Crippen molar-refractivity contribution in [3.63, 3.8) is 0 Å². The van der Waals surface area contributed by atoms with Crippen molar-refractivity contribution in [1.29, 1.82) is 0 Å². The summed E-state index contributed by atoms with van der Waals surface area (Å²) in [6.07, 6.45) is -2.44. The van der Waals surface area contributed by atoms with Gasteiger partial charge in [-0.2, -0.15) is 4.57 Å². The fraction of sp³-hybridized carbons (Fsp3) is 0.394. The van der Waals surface area contributed by atoms with Crippen molar-refractivity contribution < 1.29 is 57.0 Å². The van der Waals surface area contributed by atoms with Crippen LogP contribution in [-0.4, -0.2) is 65.9 Å². The number of nitrogens with zero attached hydrogens (tertiary/aromatic N) is 1. The normalized spacial score (nSPS) is 21.2. The molecule has 0 saturated carbocycles. The number of nitrogens with one attached hydrogen (secondary N) is 1. The zero-order chi connectivity index (χ0) is 33.4. The van der Waals surface area contributed by atoms with Crippen LogP contribution >= 0.6 is 0 Å². The van der Waals surface area contributed by atoms with E-state index < -0.39 is 60.5 Å². The standard InChI is InChI=1S/C33H34N2O11/c1-15-25-13-35(11-10-23(25)16(2)29-28(15)24-12-22(42-18(4)37)8-9-26(24)34-29)33-32(45-21(7)40)31(44-20(6)39)30(43-19(5)38)27(46-33)14-41-17(3)36/h8-13,27,30-33H,14H2,1-7H3/p+1/t27-,30-,31-,32-,33-/m0/s1. The summed E-state index contributed by atoms with van der Waals surface area (Å²) in [7, 11) is 0. The van der Waals surface area contributed by atoms with Crippen LogP contribution in [0.4, 0.5) is 0 Å². The molecule has 3 heterocycles. The lowest BCUT2D eigenvalue weighted by atomic mass is 9.95. The van der Waals surface area contributed by atoms with E-state index in [4.69, 9.17) is 28.4 Å². The molecule has 1 N–H and O–H groups in total. The van der Waals surface area contributed by atoms with Crippen molar-refractivity contribution >= 4 is 62.4 Å². The van der Waals surface area contributed by atoms with Crippen molar-refractivity contribution in [1.82, 2.24) is 4.98 Å². The van der Waals surface area contributed by atoms with Crippen LogP contribution in [-0.2, 0) is 47.7 Å². The summed E-state index contributed by atoms with van der Waals surface area (Å²) in [4.78, 5) is 63.6. The van der Waals surface area contributed by atoms with Gasteiger partial charge in [0, 0.05) is 62.4 Å². The number of fused-ring (bicyclic) bond motifs is 4. The van der Waals surface area contributed by atoms with E-state index in [-0.39, 0.29) is 6.61 Å². The molecule has 1 fully saturated rings. The van der Waals surface area contributed by atoms with Crippen LogP contribution in [0.15, 0.2) is 36.7 Å². The zero-order valence-corrected chi connectivity index (χ0v) is 26.5. The Kier molecular flexibility index (Phi) is 8.97. The smallest absolute Gasteiger partial charge is 0.308 e. The number of pyridine rings is 1. The first-order valence-electron chi connectivity index (χ1n) is 14.6. The van der Waals surface area contributed by atoms with Crippen LogP contribution in [0.25, 0.3) is 32.6 Å². The van der Waals surface area contributed by atoms with Gasteiger partial charge in [0.1, 0.15) is 18.5 Å². The summed E-state index contributed by atoms with van der Waals surface area (Å²) in [6.45, 7) is 9.73. The average Bonchev–Trinajstić information content (AvgIpc) is 3.35. The Morgan fingerprint density at radius 2 is 1.41 bits per heavy atom. The van der Waals surface area contributed by atoms with E-state index in [0.29, 0.717) is 5.75 Å². The third kappa shape index (κ3) is 6.36. The molecule has 13 heteroatoms. The minimum atomic E-state index is -1.30. The number of ether oxygens (including phenoxy) is 6. The first-order chi connectivity index (χ1) is 21.7. The Bertz CT molecular complexity index is 1900. The SMILES string of the molecule is CC(=O)OC[C@@H]1O[C@H]([n+]2ccc3c(C)c4[nH]c5ccc(OC(C)=O)cc5c4c(C)c3c2)[C@@H](OC(C)=O)[C@@H](OC(C)=O)[C@H]1OC(C)=O. The number of benzene rings is 2. The molecule has 242 valence electrons. The summed E-state index contributed by atoms with van der Waals surface area (Å²) in [5, 5.41) is 3.55. The first kappa shape index (κ1) is 32.4. The van der Waals surface area contributed by atoms with Gasteiger partial charge in [-0.1, -0.05) is 0 Å². The Morgan fingerprint density at radius 1 is 0.761 bits per heavy atom. The van der Waals surface area contributed by atoms with E-state index in [9.17, 15) is 24.0 Å². The molecule has 4 aromatic rings. The molecule has 0 spiro atoms. The monoisotopic (exact) mass is 635 g/mol. The van der Waals surface area contributed by atoms with Crippen molar-refractivity contribution in [2.24, 2.45) is 0 Å². The second-order valence-electron chi connectivity index (χ2n) is 11.2. The number of carbonyl (C=O) groups excluding carboxylic acids is 5. The fourth-order valence-electron chi connectivity index (χ4n) is 6.08. The van der Waals surface area contributed by atoms with E-state index in [2.05, 4.69) is 4.98 Å². The number of hydrogen-bond acceptors (Lipinski definition) is 11. The van der Waals surface area contributed by atoms with Gasteiger partial charge in [-0.3, -0.25) is 24.0 Å². The number of carbonyl (C=O) groups is 5. The third-order valence-electron chi connectivity index (χ3n) is 7.83. The van der Waals surface area contributed by atoms with Gasteiger partial charge in [-0.15, -0.1) is 0 Å². The summed E-state index contributed by atoms with van der Waals surface area (Å²) in [6, 6.07) is 7.28. The number of rotatable bonds is 7. The van der Waals surface area contributed by atoms with Crippen molar-refractivity contribution in [2.75, 3.05) is 6.61 Å². The summed E-state index contributed by atoms with van der Waals surface area (Å²) in [5.74, 6) is -2.72. The third-order valence-corrected chi connectivity index (χ3v) is 7.83. The Morgan fingerprint density at radius 3 is 2.04 bits per heavy atom. The highest BCUT2D eigenvalue weighted by molar-refractivity contribution is 6.16. The van der Waals surface area contributed by atoms with Gasteiger partial charge in [0.15, 0.2) is 24.6 Å². The molecule has 46 heavy (non-hydrogen) atoms. The maximum absolute atomic E-state index is 12.4. The van der Waals surface area contributed by atoms with Crippen LogP contribution in [0, 0.1) is 13.8 Å². The van der Waals surface area contributed by atoms with E-state index in [1.54, 1.807) is 16.8 Å². The van der Waals surface area contributed by atoms with Gasteiger partial charge in [0.25, 0.3) is 0 Å². The van der Waals surface area contributed by atoms with Crippen LogP contribution < -0.4 is 9.30 Å². The molecule has 0 aliphatic carbocycles. The number of aryl methyl sites for hydroxylation is 2. The fourth-order valence-corrected chi connectivity index (χ4v) is 6.08. The van der Waals surface area contributed by atoms with E-state index >= 15 is 0 Å². The second-order valence-corrected chi connectivity index (χ2v) is 11.2. The van der Waals surface area contributed by atoms with Crippen molar-refractivity contribution in [2.45, 2.75) is 79.1 Å². The maximum Gasteiger partial charge on any atom is 0.308 e. The maximum atomic E-state index is 12.4. The Balaban J connectivity index is 1.69. The van der Waals surface area contributed by atoms with Crippen LogP contribution in [0.3, 0.4) is 0 Å². The number of hydrogen-bond donors (Lipinski definition) is 1. The molecule has 0 amide bonds. The van der Waals surface area contributed by atoms with Gasteiger partial charge in [0.2, 0.25) is 6.10 Å². The highest BCUT2D eigenvalue weighted by atomic mass is 16.7. The van der Waals surface area contributed by atoms with Crippen LogP contribution in [0.5, 0.6) is 5.75 Å². The minimum absolute atomic E-state index is 0.332. The van der Waals surface area contributed by atoms with Crippen LogP contribution in [0.1, 0.15) is 52.0 Å². The summed E-state index contributed by atoms with van der Waals surface area (Å²) < 4.78 is 35.4. The number of esters is 5. The van der Waals surface area contributed by atoms with Gasteiger partial charge >= 0.3 is 36.1 Å². The van der Waals surface area contributed by atoms with E-state index in [1.165, 1.54) is 34.6 Å². The van der Waals surface area contributed by atoms with E-state index in [1.807, 2.05) is 38.2 Å². The molecule has 1 saturated heterocycles. The van der Waals surface area contributed by atoms with E-state index in [0.717, 1.165) is 43.7 Å². The molecule has 1 aliphatic heterocycles. The molecule has 0 unspecified atom stereocenters. The lowest BCUT2D eigenvalue weighted by Gasteiger charge is -2.41. The van der Waals surface area contributed by atoms with Gasteiger partial charge in [-0.25, -0.2) is 0 Å². The number of aromatic amines is 1. The summed E-state index contributed by atoms with van der Waals surface area (Å²) in [5.41, 5.74) is 3.65. The molecular weight excluding hydrogens is 600 g/mol. The lowest BCUT2D eigenvalue weighted by molar-refractivity contribution is -0.776. The highest BCUT2D eigenvalue weighted by Gasteiger charge is 2.56. The lowest BCUT2D eigenvalue weighted by Crippen LogP contribution is -2.65. The predicted octanol–water partition coefficient (Wildman–Crippen LogP) is 3.56. The molecule has 0 bridgehead atoms. The summed E-state index contributed by atoms with van der Waals surface area (Å²) >= 11 is 0. The second kappa shape index (κ2) is 12.8. The van der Waals surface area contributed by atoms with Crippen LogP contribution in [0.2, 0.25) is 0 Å². The Hall–Kier alpha value is -5.04. The first-order valence-corrected chi connectivity index (χ1v) is 14.6. The van der Waals surface area contributed by atoms with Gasteiger partial charge < -0.3 is 33.4 Å². The topological polar surface area (TPSA) is 160 Å². The van der Waals surface area contributed by atoms with Crippen molar-refractivity contribution in [3.8, 4) is 5.75 Å². The Labute approximate surface area is 263 Å². The largest absolute Gasteiger partial charge is 0.463 e. The molecule has 13 nitrogen and oxygen atoms in total. The molecule has 1 aliphatic rings. The zero-order valence-electron chi connectivity index (χ0n) is 26.5. The molecule has 2 aromatic heterocycles. The molecular formula is C33H35N2O11+. The molecule has 5 rings (SSSR count). The van der Waals surface area contributed by atoms with Crippen molar-refractivity contribution in [3.05, 3.63) is 47.8 Å². The molecule has 0 radical (unpaired) electrons. The molecule has 2 aromatic carbocycles. The van der Waals surface area contributed by atoms with Gasteiger partial charge in [0.05, 0.1) is 5.52 Å². The quantitative estimate of drug-likeness (QED) is 0.137. The van der Waals surface area contributed by atoms with Gasteiger partial charge in [-0.05, 0) is 48.6 Å². The molecule has 5 atom stereocenters. The predicted molar refractivity (Wildman–Crippen MR) is 161 cm³/mol. The minimum Gasteiger partial charge on any atom is -0.463 e. The number of aromatic nitrogens is 2.